The SMILES string of the molecule is CCOc1c(Br)cc(Br)cc1CNCCOCC(N)=O. The van der Waals surface area contributed by atoms with Crippen molar-refractivity contribution >= 4 is 37.8 Å². The third-order valence-electron chi connectivity index (χ3n) is 2.36. The van der Waals surface area contributed by atoms with Crippen molar-refractivity contribution in [3.8, 4) is 5.75 Å². The molecule has 0 aliphatic carbocycles. The van der Waals surface area contributed by atoms with E-state index < -0.39 is 5.91 Å². The molecule has 1 aromatic rings. The van der Waals surface area contributed by atoms with Crippen LogP contribution in [0, 0.1) is 0 Å². The molecule has 0 atom stereocenters. The summed E-state index contributed by atoms with van der Waals surface area (Å²) in [6.45, 7) is 4.21. The van der Waals surface area contributed by atoms with Gasteiger partial charge in [-0.25, -0.2) is 0 Å². The van der Waals surface area contributed by atoms with Crippen molar-refractivity contribution in [3.63, 3.8) is 0 Å². The van der Waals surface area contributed by atoms with Crippen LogP contribution in [0.5, 0.6) is 5.75 Å². The molecule has 0 saturated heterocycles. The van der Waals surface area contributed by atoms with Gasteiger partial charge in [-0.15, -0.1) is 0 Å². The Bertz CT molecular complexity index is 455. The number of carbonyl (C=O) groups excluding carboxylic acids is 1. The van der Waals surface area contributed by atoms with Crippen LogP contribution in [-0.4, -0.2) is 32.3 Å². The number of hydrogen-bond donors (Lipinski definition) is 2. The van der Waals surface area contributed by atoms with Gasteiger partial charge < -0.3 is 20.5 Å². The van der Waals surface area contributed by atoms with Gasteiger partial charge in [0.2, 0.25) is 5.91 Å². The fourth-order valence-corrected chi connectivity index (χ4v) is 3.02. The summed E-state index contributed by atoms with van der Waals surface area (Å²) in [4.78, 5) is 10.5. The second-order valence-electron chi connectivity index (χ2n) is 4.00. The van der Waals surface area contributed by atoms with Crippen LogP contribution in [0.4, 0.5) is 0 Å². The summed E-state index contributed by atoms with van der Waals surface area (Å²) in [6, 6.07) is 3.96. The first-order chi connectivity index (χ1) is 9.54. The van der Waals surface area contributed by atoms with Crippen LogP contribution >= 0.6 is 31.9 Å². The van der Waals surface area contributed by atoms with E-state index in [1.807, 2.05) is 19.1 Å². The van der Waals surface area contributed by atoms with Crippen LogP contribution in [0.3, 0.4) is 0 Å². The number of primary amides is 1. The summed E-state index contributed by atoms with van der Waals surface area (Å²) in [5.74, 6) is 0.376. The standard InChI is InChI=1S/C13H18Br2N2O3/c1-2-20-13-9(5-10(14)6-11(13)15)7-17-3-4-19-8-12(16)18/h5-6,17H,2-4,7-8H2,1H3,(H2,16,18). The van der Waals surface area contributed by atoms with Gasteiger partial charge in [0.05, 0.1) is 17.7 Å². The number of benzene rings is 1. The van der Waals surface area contributed by atoms with Crippen LogP contribution in [0.1, 0.15) is 12.5 Å². The Balaban J connectivity index is 2.48. The smallest absolute Gasteiger partial charge is 0.243 e. The normalized spacial score (nSPS) is 10.6. The van der Waals surface area contributed by atoms with Crippen molar-refractivity contribution in [3.05, 3.63) is 26.6 Å². The molecule has 1 amide bonds. The summed E-state index contributed by atoms with van der Waals surface area (Å²) in [5.41, 5.74) is 6.02. The van der Waals surface area contributed by atoms with E-state index >= 15 is 0 Å². The van der Waals surface area contributed by atoms with Crippen molar-refractivity contribution < 1.29 is 14.3 Å². The summed E-state index contributed by atoms with van der Waals surface area (Å²) in [6.07, 6.45) is 0. The Kier molecular flexibility index (Phi) is 8.13. The predicted molar refractivity (Wildman–Crippen MR) is 84.7 cm³/mol. The quantitative estimate of drug-likeness (QED) is 0.613. The Morgan fingerprint density at radius 2 is 2.15 bits per heavy atom. The van der Waals surface area contributed by atoms with E-state index in [1.54, 1.807) is 0 Å². The Labute approximate surface area is 135 Å². The largest absolute Gasteiger partial charge is 0.492 e. The van der Waals surface area contributed by atoms with Crippen LogP contribution in [0.15, 0.2) is 21.1 Å². The van der Waals surface area contributed by atoms with Gasteiger partial charge in [0.1, 0.15) is 12.4 Å². The molecular weight excluding hydrogens is 392 g/mol. The molecule has 7 heteroatoms. The number of hydrogen-bond acceptors (Lipinski definition) is 4. The van der Waals surface area contributed by atoms with Crippen LogP contribution in [0.2, 0.25) is 0 Å². The molecule has 20 heavy (non-hydrogen) atoms. The molecule has 0 saturated carbocycles. The molecule has 0 heterocycles. The van der Waals surface area contributed by atoms with Gasteiger partial charge in [-0.2, -0.15) is 0 Å². The van der Waals surface area contributed by atoms with Gasteiger partial charge in [-0.1, -0.05) is 15.9 Å². The van der Waals surface area contributed by atoms with E-state index in [-0.39, 0.29) is 6.61 Å². The monoisotopic (exact) mass is 408 g/mol. The molecule has 3 N–H and O–H groups in total. The molecule has 1 aromatic carbocycles. The van der Waals surface area contributed by atoms with E-state index in [1.165, 1.54) is 0 Å². The van der Waals surface area contributed by atoms with Crippen molar-refractivity contribution in [2.24, 2.45) is 5.73 Å². The summed E-state index contributed by atoms with van der Waals surface area (Å²) >= 11 is 6.95. The molecule has 112 valence electrons. The number of ether oxygens (including phenoxy) is 2. The van der Waals surface area contributed by atoms with Crippen LogP contribution in [0.25, 0.3) is 0 Å². The number of halogens is 2. The molecule has 1 rings (SSSR count). The maximum absolute atomic E-state index is 10.5. The average molecular weight is 410 g/mol. The lowest BCUT2D eigenvalue weighted by atomic mass is 10.2. The lowest BCUT2D eigenvalue weighted by molar-refractivity contribution is -0.122. The Morgan fingerprint density at radius 1 is 1.40 bits per heavy atom. The van der Waals surface area contributed by atoms with Crippen LogP contribution < -0.4 is 15.8 Å². The van der Waals surface area contributed by atoms with Gasteiger partial charge in [0.15, 0.2) is 0 Å². The molecule has 0 unspecified atom stereocenters. The van der Waals surface area contributed by atoms with Gasteiger partial charge in [0, 0.05) is 23.1 Å². The summed E-state index contributed by atoms with van der Waals surface area (Å²) < 4.78 is 12.6. The highest BCUT2D eigenvalue weighted by Crippen LogP contribution is 2.32. The molecule has 0 bridgehead atoms. The lowest BCUT2D eigenvalue weighted by Gasteiger charge is -2.13. The maximum Gasteiger partial charge on any atom is 0.243 e. The predicted octanol–water partition coefficient (Wildman–Crippen LogP) is 2.20. The summed E-state index contributed by atoms with van der Waals surface area (Å²) in [7, 11) is 0. The van der Waals surface area contributed by atoms with Gasteiger partial charge >= 0.3 is 0 Å². The number of rotatable bonds is 9. The third-order valence-corrected chi connectivity index (χ3v) is 3.40. The molecule has 0 spiro atoms. The fourth-order valence-electron chi connectivity index (χ4n) is 1.59. The molecular formula is C13H18Br2N2O3. The first kappa shape index (κ1) is 17.4. The van der Waals surface area contributed by atoms with Crippen molar-refractivity contribution in [1.29, 1.82) is 0 Å². The number of carbonyl (C=O) groups is 1. The minimum atomic E-state index is -0.459. The number of nitrogens with one attached hydrogen (secondary N) is 1. The Morgan fingerprint density at radius 3 is 2.80 bits per heavy atom. The van der Waals surface area contributed by atoms with E-state index in [0.717, 1.165) is 20.3 Å². The van der Waals surface area contributed by atoms with E-state index in [0.29, 0.717) is 26.3 Å². The third kappa shape index (κ3) is 6.21. The zero-order chi connectivity index (χ0) is 15.0. The first-order valence-electron chi connectivity index (χ1n) is 6.22. The highest BCUT2D eigenvalue weighted by atomic mass is 79.9. The molecule has 0 aliphatic rings. The minimum absolute atomic E-state index is 0.0473. The van der Waals surface area contributed by atoms with Crippen molar-refractivity contribution in [2.75, 3.05) is 26.4 Å². The van der Waals surface area contributed by atoms with E-state index in [2.05, 4.69) is 37.2 Å². The highest BCUT2D eigenvalue weighted by molar-refractivity contribution is 9.11. The average Bonchev–Trinajstić information content (AvgIpc) is 2.37. The topological polar surface area (TPSA) is 73.6 Å². The second-order valence-corrected chi connectivity index (χ2v) is 5.77. The maximum atomic E-state index is 10.5. The van der Waals surface area contributed by atoms with Gasteiger partial charge in [0.25, 0.3) is 0 Å². The Hall–Kier alpha value is -0.630. The number of nitrogens with two attached hydrogens (primary N) is 1. The fraction of sp³-hybridized carbons (Fsp3) is 0.462. The van der Waals surface area contributed by atoms with Gasteiger partial charge in [-0.05, 0) is 35.0 Å². The molecule has 0 aliphatic heterocycles. The van der Waals surface area contributed by atoms with Gasteiger partial charge in [-0.3, -0.25) is 4.79 Å². The highest BCUT2D eigenvalue weighted by Gasteiger charge is 2.09. The lowest BCUT2D eigenvalue weighted by Crippen LogP contribution is -2.24. The number of amides is 1. The molecule has 0 radical (unpaired) electrons. The molecule has 5 nitrogen and oxygen atoms in total. The van der Waals surface area contributed by atoms with E-state index in [9.17, 15) is 4.79 Å². The molecule has 0 aromatic heterocycles. The van der Waals surface area contributed by atoms with Crippen molar-refractivity contribution in [1.82, 2.24) is 5.32 Å². The second kappa shape index (κ2) is 9.33. The zero-order valence-corrected chi connectivity index (χ0v) is 14.4. The van der Waals surface area contributed by atoms with E-state index in [4.69, 9.17) is 15.2 Å². The minimum Gasteiger partial charge on any atom is -0.492 e. The first-order valence-corrected chi connectivity index (χ1v) is 7.80. The summed E-state index contributed by atoms with van der Waals surface area (Å²) in [5, 5.41) is 3.23. The van der Waals surface area contributed by atoms with Crippen LogP contribution in [-0.2, 0) is 16.1 Å². The molecule has 0 fully saturated rings. The zero-order valence-electron chi connectivity index (χ0n) is 11.2. The van der Waals surface area contributed by atoms with Crippen molar-refractivity contribution in [2.45, 2.75) is 13.5 Å².